The Balaban J connectivity index is 0.000000473. The molecule has 1 aromatic rings. The summed E-state index contributed by atoms with van der Waals surface area (Å²) in [6.07, 6.45) is 12.1. The first-order chi connectivity index (χ1) is 8.85. The molecule has 0 spiro atoms. The molecule has 1 radical (unpaired) electrons. The van der Waals surface area contributed by atoms with Crippen LogP contribution in [-0.4, -0.2) is 19.8 Å². The van der Waals surface area contributed by atoms with E-state index in [1.165, 1.54) is 38.5 Å². The predicted molar refractivity (Wildman–Crippen MR) is 83.6 cm³/mol. The number of unbranched alkanes of at least 4 members (excludes halogenated alkanes) is 3. The Morgan fingerprint density at radius 3 is 1.33 bits per heavy atom. The van der Waals surface area contributed by atoms with Crippen LogP contribution in [0.3, 0.4) is 0 Å². The zero-order valence-corrected chi connectivity index (χ0v) is 15.4. The summed E-state index contributed by atoms with van der Waals surface area (Å²) in [5.74, 6) is 0. The molecule has 1 rings (SSSR count). The van der Waals surface area contributed by atoms with Gasteiger partial charge in [0.2, 0.25) is 0 Å². The Kier molecular flexibility index (Phi) is 15.2. The molecular weight excluding hydrogens is 327 g/mol. The van der Waals surface area contributed by atoms with Gasteiger partial charge in [-0.1, -0.05) is 0 Å². The van der Waals surface area contributed by atoms with E-state index in [-0.39, 0.29) is 0 Å². The van der Waals surface area contributed by atoms with Gasteiger partial charge < -0.3 is 4.42 Å². The average Bonchev–Trinajstić information content (AvgIpc) is 2.97. The van der Waals surface area contributed by atoms with Crippen LogP contribution >= 0.6 is 0 Å². The van der Waals surface area contributed by atoms with E-state index in [4.69, 9.17) is 0 Å². The van der Waals surface area contributed by atoms with E-state index in [0.29, 0.717) is 0 Å². The van der Waals surface area contributed by atoms with Crippen LogP contribution in [0.5, 0.6) is 0 Å². The molecule has 1 heterocycles. The fraction of sp³-hybridized carbons (Fsp3) is 0.750. The molecule has 0 aliphatic heterocycles. The van der Waals surface area contributed by atoms with Crippen LogP contribution < -0.4 is 0 Å². The monoisotopic (exact) mass is 359 g/mol. The van der Waals surface area contributed by atoms with Gasteiger partial charge in [-0.25, -0.2) is 0 Å². The maximum Gasteiger partial charge on any atom is 0.0902 e. The number of hydrogen-bond donors (Lipinski definition) is 0. The van der Waals surface area contributed by atoms with Crippen molar-refractivity contribution in [3.63, 3.8) is 0 Å². The fourth-order valence-electron chi connectivity index (χ4n) is 1.88. The summed E-state index contributed by atoms with van der Waals surface area (Å²) >= 11 is -0.839. The summed E-state index contributed by atoms with van der Waals surface area (Å²) in [5, 5.41) is 0. The molecular formula is C16H31OSn. The molecule has 0 aromatic carbocycles. The van der Waals surface area contributed by atoms with Crippen molar-refractivity contribution in [1.82, 2.24) is 0 Å². The van der Waals surface area contributed by atoms with Gasteiger partial charge in [0.05, 0.1) is 12.5 Å². The molecule has 0 unspecified atom stereocenters. The zero-order valence-electron chi connectivity index (χ0n) is 12.6. The van der Waals surface area contributed by atoms with E-state index in [2.05, 4.69) is 25.2 Å². The van der Waals surface area contributed by atoms with Crippen molar-refractivity contribution in [1.29, 1.82) is 0 Å². The number of hydrogen-bond acceptors (Lipinski definition) is 1. The third-order valence-electron chi connectivity index (χ3n) is 3.08. The minimum absolute atomic E-state index is 0.839. The molecule has 2 heteroatoms. The van der Waals surface area contributed by atoms with E-state index < -0.39 is 19.8 Å². The summed E-state index contributed by atoms with van der Waals surface area (Å²) < 4.78 is 9.62. The quantitative estimate of drug-likeness (QED) is 0.482. The van der Waals surface area contributed by atoms with Crippen molar-refractivity contribution in [3.05, 3.63) is 24.7 Å². The maximum atomic E-state index is 4.58. The van der Waals surface area contributed by atoms with Crippen molar-refractivity contribution in [3.8, 4) is 0 Å². The predicted octanol–water partition coefficient (Wildman–Crippen LogP) is 6.16. The average molecular weight is 358 g/mol. The first kappa shape index (κ1) is 18.1. The molecule has 18 heavy (non-hydrogen) atoms. The summed E-state index contributed by atoms with van der Waals surface area (Å²) in [5.41, 5.74) is 0. The van der Waals surface area contributed by atoms with Gasteiger partial charge in [-0.05, 0) is 12.1 Å². The summed E-state index contributed by atoms with van der Waals surface area (Å²) in [6.45, 7) is 7.00. The van der Waals surface area contributed by atoms with E-state index in [1.807, 2.05) is 12.1 Å². The molecule has 0 amide bonds. The van der Waals surface area contributed by atoms with Crippen LogP contribution in [0, 0.1) is 0 Å². The number of furan rings is 1. The summed E-state index contributed by atoms with van der Waals surface area (Å²) in [7, 11) is 0. The first-order valence-corrected chi connectivity index (χ1v) is 13.7. The molecule has 0 bridgehead atoms. The largest absolute Gasteiger partial charge is 0.473 e. The van der Waals surface area contributed by atoms with E-state index >= 15 is 0 Å². The molecule has 0 fully saturated rings. The SMILES string of the molecule is CCC[CH2][Sn]([CH2]CCC)[CH2]CCC.c1ccoc1. The van der Waals surface area contributed by atoms with Crippen LogP contribution in [0.2, 0.25) is 13.3 Å². The molecule has 0 atom stereocenters. The van der Waals surface area contributed by atoms with Crippen molar-refractivity contribution in [2.45, 2.75) is 72.6 Å². The second kappa shape index (κ2) is 15.1. The van der Waals surface area contributed by atoms with Crippen molar-refractivity contribution in [2.24, 2.45) is 0 Å². The molecule has 0 saturated carbocycles. The third-order valence-corrected chi connectivity index (χ3v) is 12.2. The van der Waals surface area contributed by atoms with Crippen LogP contribution in [0.1, 0.15) is 59.3 Å². The standard InChI is InChI=1S/C4H4O.3C4H9.Sn/c1-2-4-5-3-1;3*1-3-4-2;/h1-4H;3*1,3-4H2,2H3;. The van der Waals surface area contributed by atoms with Gasteiger partial charge in [0, 0.05) is 0 Å². The second-order valence-corrected chi connectivity index (χ2v) is 13.4. The van der Waals surface area contributed by atoms with E-state index in [0.717, 1.165) is 0 Å². The minimum atomic E-state index is -0.839. The topological polar surface area (TPSA) is 13.1 Å². The van der Waals surface area contributed by atoms with Crippen molar-refractivity contribution in [2.75, 3.05) is 0 Å². The molecule has 0 aliphatic rings. The molecule has 0 N–H and O–H groups in total. The Labute approximate surface area is 121 Å². The van der Waals surface area contributed by atoms with Gasteiger partial charge in [0.15, 0.2) is 0 Å². The third kappa shape index (κ3) is 12.5. The molecule has 1 nitrogen and oxygen atoms in total. The summed E-state index contributed by atoms with van der Waals surface area (Å²) in [6, 6.07) is 3.67. The summed E-state index contributed by atoms with van der Waals surface area (Å²) in [4.78, 5) is 0. The van der Waals surface area contributed by atoms with Gasteiger partial charge in [0.1, 0.15) is 0 Å². The Morgan fingerprint density at radius 2 is 1.11 bits per heavy atom. The Morgan fingerprint density at radius 1 is 0.722 bits per heavy atom. The van der Waals surface area contributed by atoms with Gasteiger partial charge in [-0.2, -0.15) is 0 Å². The molecule has 0 saturated heterocycles. The fourth-order valence-corrected chi connectivity index (χ4v) is 11.3. The van der Waals surface area contributed by atoms with Crippen LogP contribution in [-0.2, 0) is 0 Å². The van der Waals surface area contributed by atoms with Gasteiger partial charge in [-0.3, -0.25) is 0 Å². The first-order valence-electron chi connectivity index (χ1n) is 7.65. The Hall–Kier alpha value is 0.0787. The number of rotatable bonds is 9. The van der Waals surface area contributed by atoms with Gasteiger partial charge >= 0.3 is 92.4 Å². The van der Waals surface area contributed by atoms with Gasteiger partial charge in [-0.15, -0.1) is 0 Å². The molecule has 0 aliphatic carbocycles. The minimum Gasteiger partial charge on any atom is -0.473 e. The molecule has 105 valence electrons. The van der Waals surface area contributed by atoms with Crippen LogP contribution in [0.15, 0.2) is 29.1 Å². The van der Waals surface area contributed by atoms with Crippen molar-refractivity contribution < 1.29 is 4.42 Å². The van der Waals surface area contributed by atoms with E-state index in [1.54, 1.807) is 25.8 Å². The second-order valence-electron chi connectivity index (χ2n) is 4.85. The zero-order chi connectivity index (χ0) is 13.5. The van der Waals surface area contributed by atoms with Gasteiger partial charge in [0.25, 0.3) is 0 Å². The molecule has 1 aromatic heterocycles. The Bertz CT molecular complexity index is 185. The normalized spacial score (nSPS) is 10.2. The van der Waals surface area contributed by atoms with Crippen LogP contribution in [0.4, 0.5) is 0 Å². The van der Waals surface area contributed by atoms with Crippen LogP contribution in [0.25, 0.3) is 0 Å². The smallest absolute Gasteiger partial charge is 0.0902 e. The van der Waals surface area contributed by atoms with Crippen molar-refractivity contribution >= 4 is 19.8 Å². The van der Waals surface area contributed by atoms with E-state index in [9.17, 15) is 0 Å². The maximum absolute atomic E-state index is 4.58.